The number of aryl methyl sites for hydroxylation is 2. The van der Waals surface area contributed by atoms with Crippen molar-refractivity contribution in [1.29, 1.82) is 0 Å². The molecule has 0 spiro atoms. The summed E-state index contributed by atoms with van der Waals surface area (Å²) in [6, 6.07) is 14.0. The van der Waals surface area contributed by atoms with E-state index in [-0.39, 0.29) is 5.91 Å². The number of hydrogen-bond acceptors (Lipinski definition) is 5. The van der Waals surface area contributed by atoms with Crippen LogP contribution in [0.4, 0.5) is 0 Å². The lowest BCUT2D eigenvalue weighted by Crippen LogP contribution is -2.28. The Morgan fingerprint density at radius 1 is 1.15 bits per heavy atom. The van der Waals surface area contributed by atoms with Gasteiger partial charge in [-0.2, -0.15) is 4.98 Å². The molecule has 136 valence electrons. The molecule has 0 atom stereocenters. The van der Waals surface area contributed by atoms with Crippen molar-refractivity contribution in [2.75, 3.05) is 13.2 Å². The highest BCUT2D eigenvalue weighted by molar-refractivity contribution is 5.88. The molecule has 2 aromatic carbocycles. The molecule has 6 heteroatoms. The number of nitrogens with one attached hydrogen (secondary N) is 1. The molecule has 0 bridgehead atoms. The molecule has 1 aromatic heterocycles. The number of nitrogens with zero attached hydrogens (tertiary/aromatic N) is 2. The molecule has 0 fully saturated rings. The predicted octanol–water partition coefficient (Wildman–Crippen LogP) is 3.30. The van der Waals surface area contributed by atoms with Crippen LogP contribution >= 0.6 is 0 Å². The molecule has 0 aliphatic carbocycles. The van der Waals surface area contributed by atoms with Crippen LogP contribution in [-0.4, -0.2) is 29.2 Å². The van der Waals surface area contributed by atoms with E-state index >= 15 is 0 Å². The average Bonchev–Trinajstić information content (AvgIpc) is 3.11. The highest BCUT2D eigenvalue weighted by Crippen LogP contribution is 2.24. The van der Waals surface area contributed by atoms with Crippen molar-refractivity contribution in [2.24, 2.45) is 0 Å². The number of aromatic nitrogens is 2. The summed E-state index contributed by atoms with van der Waals surface area (Å²) in [6.45, 7) is 2.93. The largest absolute Gasteiger partial charge is 0.491 e. The highest BCUT2D eigenvalue weighted by atomic mass is 16.5. The van der Waals surface area contributed by atoms with Gasteiger partial charge in [0, 0.05) is 24.6 Å². The highest BCUT2D eigenvalue weighted by Gasteiger charge is 2.08. The van der Waals surface area contributed by atoms with Crippen molar-refractivity contribution >= 4 is 16.7 Å². The molecule has 0 saturated heterocycles. The molecule has 0 aliphatic heterocycles. The molecule has 1 N–H and O–H groups in total. The van der Waals surface area contributed by atoms with Gasteiger partial charge in [0.25, 0.3) is 0 Å². The van der Waals surface area contributed by atoms with Crippen LogP contribution in [0, 0.1) is 0 Å². The van der Waals surface area contributed by atoms with E-state index in [9.17, 15) is 4.79 Å². The second-order valence-corrected chi connectivity index (χ2v) is 6.03. The van der Waals surface area contributed by atoms with E-state index in [1.807, 2.05) is 42.5 Å². The van der Waals surface area contributed by atoms with Crippen molar-refractivity contribution in [1.82, 2.24) is 15.5 Å². The minimum atomic E-state index is -0.0539. The van der Waals surface area contributed by atoms with E-state index in [0.29, 0.717) is 37.7 Å². The normalized spacial score (nSPS) is 10.8. The third-order valence-electron chi connectivity index (χ3n) is 3.98. The van der Waals surface area contributed by atoms with Crippen LogP contribution in [0.5, 0.6) is 5.75 Å². The quantitative estimate of drug-likeness (QED) is 0.597. The van der Waals surface area contributed by atoms with E-state index in [0.717, 1.165) is 29.4 Å². The summed E-state index contributed by atoms with van der Waals surface area (Å²) in [5, 5.41) is 8.93. The molecule has 0 aliphatic rings. The standard InChI is InChI=1S/C20H23N3O3/c1-2-6-18-22-20(26-23-18)12-11-19(24)21-13-14-25-17-10-5-8-15-7-3-4-9-16(15)17/h3-5,7-10H,2,6,11-14H2,1H3,(H,21,24). The fraction of sp³-hybridized carbons (Fsp3) is 0.350. The van der Waals surface area contributed by atoms with Gasteiger partial charge in [-0.15, -0.1) is 0 Å². The maximum Gasteiger partial charge on any atom is 0.227 e. The molecule has 1 amide bonds. The zero-order chi connectivity index (χ0) is 18.2. The number of ether oxygens (including phenoxy) is 1. The van der Waals surface area contributed by atoms with Crippen LogP contribution in [0.25, 0.3) is 10.8 Å². The smallest absolute Gasteiger partial charge is 0.227 e. The molecule has 1 heterocycles. The van der Waals surface area contributed by atoms with Crippen molar-refractivity contribution < 1.29 is 14.1 Å². The van der Waals surface area contributed by atoms with Gasteiger partial charge >= 0.3 is 0 Å². The molecule has 6 nitrogen and oxygen atoms in total. The first-order valence-corrected chi connectivity index (χ1v) is 8.95. The van der Waals surface area contributed by atoms with E-state index in [1.165, 1.54) is 0 Å². The molecule has 0 unspecified atom stereocenters. The summed E-state index contributed by atoms with van der Waals surface area (Å²) in [6.07, 6.45) is 2.53. The van der Waals surface area contributed by atoms with Crippen LogP contribution in [-0.2, 0) is 17.6 Å². The number of carbonyl (C=O) groups is 1. The number of benzene rings is 2. The SMILES string of the molecule is CCCc1noc(CCC(=O)NCCOc2cccc3ccccc23)n1. The summed E-state index contributed by atoms with van der Waals surface area (Å²) < 4.78 is 10.9. The average molecular weight is 353 g/mol. The van der Waals surface area contributed by atoms with Gasteiger partial charge in [-0.3, -0.25) is 4.79 Å². The number of carbonyl (C=O) groups excluding carboxylic acids is 1. The molecule has 26 heavy (non-hydrogen) atoms. The van der Waals surface area contributed by atoms with Crippen LogP contribution in [0.3, 0.4) is 0 Å². The number of hydrogen-bond donors (Lipinski definition) is 1. The lowest BCUT2D eigenvalue weighted by molar-refractivity contribution is -0.121. The number of fused-ring (bicyclic) bond motifs is 1. The summed E-state index contributed by atoms with van der Waals surface area (Å²) in [5.74, 6) is 1.98. The van der Waals surface area contributed by atoms with Gasteiger partial charge in [-0.05, 0) is 17.9 Å². The Balaban J connectivity index is 1.39. The second-order valence-electron chi connectivity index (χ2n) is 6.03. The predicted molar refractivity (Wildman–Crippen MR) is 99.1 cm³/mol. The van der Waals surface area contributed by atoms with Crippen molar-refractivity contribution in [3.05, 3.63) is 54.2 Å². The van der Waals surface area contributed by atoms with Gasteiger partial charge in [-0.1, -0.05) is 48.5 Å². The number of rotatable bonds is 9. The topological polar surface area (TPSA) is 77.2 Å². The maximum absolute atomic E-state index is 11.9. The Kier molecular flexibility index (Phi) is 6.19. The maximum atomic E-state index is 11.9. The Labute approximate surface area is 152 Å². The van der Waals surface area contributed by atoms with Gasteiger partial charge in [0.2, 0.25) is 11.8 Å². The second kappa shape index (κ2) is 8.99. The molecule has 3 aromatic rings. The summed E-state index contributed by atoms with van der Waals surface area (Å²) in [5.41, 5.74) is 0. The van der Waals surface area contributed by atoms with Gasteiger partial charge in [0.1, 0.15) is 12.4 Å². The van der Waals surface area contributed by atoms with Crippen LogP contribution in [0.15, 0.2) is 47.0 Å². The zero-order valence-corrected chi connectivity index (χ0v) is 14.9. The van der Waals surface area contributed by atoms with Crippen molar-refractivity contribution in [3.63, 3.8) is 0 Å². The van der Waals surface area contributed by atoms with Gasteiger partial charge in [-0.25, -0.2) is 0 Å². The lowest BCUT2D eigenvalue weighted by Gasteiger charge is -2.10. The van der Waals surface area contributed by atoms with Crippen molar-refractivity contribution in [3.8, 4) is 5.75 Å². The molecule has 0 radical (unpaired) electrons. The summed E-state index contributed by atoms with van der Waals surface area (Å²) in [7, 11) is 0. The fourth-order valence-electron chi connectivity index (χ4n) is 2.70. The Morgan fingerprint density at radius 3 is 2.88 bits per heavy atom. The Bertz CT molecular complexity index is 855. The monoisotopic (exact) mass is 353 g/mol. The molecular formula is C20H23N3O3. The van der Waals surface area contributed by atoms with Crippen LogP contribution in [0.1, 0.15) is 31.5 Å². The van der Waals surface area contributed by atoms with Crippen LogP contribution < -0.4 is 10.1 Å². The minimum Gasteiger partial charge on any atom is -0.491 e. The van der Waals surface area contributed by atoms with E-state index in [2.05, 4.69) is 22.4 Å². The third kappa shape index (κ3) is 4.81. The first kappa shape index (κ1) is 17.9. The Morgan fingerprint density at radius 2 is 2.00 bits per heavy atom. The first-order valence-electron chi connectivity index (χ1n) is 8.95. The van der Waals surface area contributed by atoms with Gasteiger partial charge < -0.3 is 14.6 Å². The molecular weight excluding hydrogens is 330 g/mol. The van der Waals surface area contributed by atoms with E-state index < -0.39 is 0 Å². The fourth-order valence-corrected chi connectivity index (χ4v) is 2.70. The van der Waals surface area contributed by atoms with E-state index in [4.69, 9.17) is 9.26 Å². The first-order chi connectivity index (χ1) is 12.8. The zero-order valence-electron chi connectivity index (χ0n) is 14.9. The van der Waals surface area contributed by atoms with Gasteiger partial charge in [0.15, 0.2) is 5.82 Å². The lowest BCUT2D eigenvalue weighted by atomic mass is 10.1. The molecule has 0 saturated carbocycles. The minimum absolute atomic E-state index is 0.0539. The van der Waals surface area contributed by atoms with Gasteiger partial charge in [0.05, 0.1) is 6.54 Å². The summed E-state index contributed by atoms with van der Waals surface area (Å²) in [4.78, 5) is 16.2. The Hall–Kier alpha value is -2.89. The van der Waals surface area contributed by atoms with Crippen molar-refractivity contribution in [2.45, 2.75) is 32.6 Å². The molecule has 3 rings (SSSR count). The van der Waals surface area contributed by atoms with E-state index in [1.54, 1.807) is 0 Å². The van der Waals surface area contributed by atoms with Crippen LogP contribution in [0.2, 0.25) is 0 Å². The summed E-state index contributed by atoms with van der Waals surface area (Å²) >= 11 is 0. The third-order valence-corrected chi connectivity index (χ3v) is 3.98. The number of amides is 1.